The lowest BCUT2D eigenvalue weighted by atomic mass is 10.1. The van der Waals surface area contributed by atoms with Crippen LogP contribution in [0.25, 0.3) is 0 Å². The van der Waals surface area contributed by atoms with E-state index in [0.717, 1.165) is 0 Å². The van der Waals surface area contributed by atoms with Crippen molar-refractivity contribution < 1.29 is 43.3 Å². The molecule has 0 saturated heterocycles. The van der Waals surface area contributed by atoms with Gasteiger partial charge < -0.3 is 18.9 Å². The van der Waals surface area contributed by atoms with Gasteiger partial charge >= 0.3 is 12.1 Å². The normalized spacial score (nSPS) is 9.64. The minimum absolute atomic E-state index is 0.0207. The predicted molar refractivity (Wildman–Crippen MR) is 70.7 cm³/mol. The lowest BCUT2D eigenvalue weighted by Crippen LogP contribution is -2.13. The van der Waals surface area contributed by atoms with E-state index in [9.17, 15) is 9.59 Å². The van der Waals surface area contributed by atoms with Gasteiger partial charge in [0.1, 0.15) is 11.3 Å². The first kappa shape index (κ1) is 17.4. The zero-order chi connectivity index (χ0) is 16.5. The first-order valence-electron chi connectivity index (χ1n) is 6.09. The van der Waals surface area contributed by atoms with Crippen molar-refractivity contribution in [3.63, 3.8) is 0 Å². The fourth-order valence-corrected chi connectivity index (χ4v) is 1.45. The summed E-state index contributed by atoms with van der Waals surface area (Å²) < 4.78 is 19.6. The number of rotatable bonds is 7. The molecule has 22 heavy (non-hydrogen) atoms. The van der Waals surface area contributed by atoms with E-state index >= 15 is 0 Å². The van der Waals surface area contributed by atoms with Gasteiger partial charge in [-0.25, -0.2) is 14.5 Å². The summed E-state index contributed by atoms with van der Waals surface area (Å²) in [4.78, 5) is 31.1. The number of ether oxygens (including phenoxy) is 4. The van der Waals surface area contributed by atoms with Gasteiger partial charge in [-0.05, 0) is 6.92 Å². The molecule has 0 aliphatic rings. The number of methoxy groups -OCH3 is 3. The maximum Gasteiger partial charge on any atom is 0.543 e. The fraction of sp³-hybridized carbons (Fsp3) is 0.385. The Hall–Kier alpha value is -2.68. The second kappa shape index (κ2) is 8.57. The first-order chi connectivity index (χ1) is 10.6. The van der Waals surface area contributed by atoms with E-state index in [4.69, 9.17) is 14.2 Å². The van der Waals surface area contributed by atoms with Crippen LogP contribution in [-0.4, -0.2) is 40.1 Å². The Balaban J connectivity index is 2.81. The van der Waals surface area contributed by atoms with Gasteiger partial charge in [0.25, 0.3) is 0 Å². The van der Waals surface area contributed by atoms with Gasteiger partial charge in [-0.1, -0.05) is 0 Å². The highest BCUT2D eigenvalue weighted by Crippen LogP contribution is 2.34. The lowest BCUT2D eigenvalue weighted by Gasteiger charge is -2.12. The molecule has 0 spiro atoms. The molecule has 1 rings (SSSR count). The van der Waals surface area contributed by atoms with Crippen LogP contribution >= 0.6 is 0 Å². The third kappa shape index (κ3) is 4.42. The molecule has 0 aromatic heterocycles. The standard InChI is InChI=1S/C13H16O9/c1-5-19-13(15)21-22-20-12(14)8-6-10(17-3)11(18-4)7-9(8)16-2/h6-7H,5H2,1-4H3. The summed E-state index contributed by atoms with van der Waals surface area (Å²) in [6, 6.07) is 2.76. The quantitative estimate of drug-likeness (QED) is 0.424. The zero-order valence-corrected chi connectivity index (χ0v) is 12.5. The second-order valence-electron chi connectivity index (χ2n) is 3.61. The van der Waals surface area contributed by atoms with Gasteiger partial charge in [-0.2, -0.15) is 0 Å². The molecule has 1 aromatic carbocycles. The molecular formula is C13H16O9. The monoisotopic (exact) mass is 316 g/mol. The number of hydrogen-bond donors (Lipinski definition) is 0. The molecule has 0 aliphatic heterocycles. The first-order valence-corrected chi connectivity index (χ1v) is 6.09. The van der Waals surface area contributed by atoms with Gasteiger partial charge in [0.2, 0.25) is 0 Å². The average Bonchev–Trinajstić information content (AvgIpc) is 2.53. The summed E-state index contributed by atoms with van der Waals surface area (Å²) in [6.45, 7) is 1.65. The van der Waals surface area contributed by atoms with Crippen LogP contribution in [0.4, 0.5) is 4.79 Å². The van der Waals surface area contributed by atoms with Crippen molar-refractivity contribution in [1.82, 2.24) is 0 Å². The molecule has 1 aromatic rings. The summed E-state index contributed by atoms with van der Waals surface area (Å²) in [7, 11) is 4.19. The van der Waals surface area contributed by atoms with E-state index in [1.165, 1.54) is 33.5 Å². The molecule has 0 atom stereocenters. The number of hydrogen-bond acceptors (Lipinski definition) is 9. The summed E-state index contributed by atoms with van der Waals surface area (Å²) in [6.07, 6.45) is -1.14. The molecule has 0 radical (unpaired) electrons. The topological polar surface area (TPSA) is 98.8 Å². The predicted octanol–water partition coefficient (Wildman–Crippen LogP) is 1.89. The highest BCUT2D eigenvalue weighted by atomic mass is 17.5. The van der Waals surface area contributed by atoms with Gasteiger partial charge in [-0.3, -0.25) is 4.89 Å². The van der Waals surface area contributed by atoms with Crippen molar-refractivity contribution in [3.8, 4) is 17.2 Å². The van der Waals surface area contributed by atoms with Crippen LogP contribution in [0.5, 0.6) is 17.2 Å². The van der Waals surface area contributed by atoms with E-state index in [-0.39, 0.29) is 23.7 Å². The Morgan fingerprint density at radius 2 is 1.50 bits per heavy atom. The van der Waals surface area contributed by atoms with Crippen LogP contribution < -0.4 is 14.2 Å². The average molecular weight is 316 g/mol. The van der Waals surface area contributed by atoms with Crippen LogP contribution in [0.2, 0.25) is 0 Å². The molecule has 0 unspecified atom stereocenters. The van der Waals surface area contributed by atoms with Crippen molar-refractivity contribution in [2.24, 2.45) is 0 Å². The molecular weight excluding hydrogens is 300 g/mol. The maximum absolute atomic E-state index is 11.9. The Labute approximate surface area is 126 Å². The van der Waals surface area contributed by atoms with Crippen molar-refractivity contribution in [2.75, 3.05) is 27.9 Å². The smallest absolute Gasteiger partial charge is 0.496 e. The van der Waals surface area contributed by atoms with E-state index in [1.54, 1.807) is 6.92 Å². The Morgan fingerprint density at radius 3 is 2.05 bits per heavy atom. The van der Waals surface area contributed by atoms with E-state index < -0.39 is 12.1 Å². The molecule has 0 heterocycles. The van der Waals surface area contributed by atoms with Crippen molar-refractivity contribution in [2.45, 2.75) is 6.92 Å². The third-order valence-corrected chi connectivity index (χ3v) is 2.40. The van der Waals surface area contributed by atoms with E-state index in [0.29, 0.717) is 5.75 Å². The summed E-state index contributed by atoms with van der Waals surface area (Å²) in [5.41, 5.74) is -0.0207. The fourth-order valence-electron chi connectivity index (χ4n) is 1.45. The van der Waals surface area contributed by atoms with Crippen LogP contribution in [0, 0.1) is 0 Å². The molecule has 9 nitrogen and oxygen atoms in total. The minimum Gasteiger partial charge on any atom is -0.496 e. The molecule has 9 heteroatoms. The van der Waals surface area contributed by atoms with Gasteiger partial charge in [-0.15, -0.1) is 0 Å². The number of benzene rings is 1. The highest BCUT2D eigenvalue weighted by molar-refractivity contribution is 5.93. The molecule has 0 bridgehead atoms. The number of carbonyl (C=O) groups is 2. The van der Waals surface area contributed by atoms with Crippen LogP contribution in [0.3, 0.4) is 0 Å². The Bertz CT molecular complexity index is 526. The minimum atomic E-state index is -1.14. The summed E-state index contributed by atoms with van der Waals surface area (Å²) in [5, 5.41) is 4.04. The molecule has 122 valence electrons. The molecule has 0 N–H and O–H groups in total. The van der Waals surface area contributed by atoms with Crippen molar-refractivity contribution in [3.05, 3.63) is 17.7 Å². The number of carbonyl (C=O) groups excluding carboxylic acids is 2. The second-order valence-corrected chi connectivity index (χ2v) is 3.61. The third-order valence-electron chi connectivity index (χ3n) is 2.40. The largest absolute Gasteiger partial charge is 0.543 e. The molecule has 0 amide bonds. The van der Waals surface area contributed by atoms with Gasteiger partial charge in [0, 0.05) is 12.1 Å². The molecule has 0 saturated carbocycles. The van der Waals surface area contributed by atoms with Crippen LogP contribution in [0.1, 0.15) is 17.3 Å². The maximum atomic E-state index is 11.9. The zero-order valence-electron chi connectivity index (χ0n) is 12.5. The van der Waals surface area contributed by atoms with Gasteiger partial charge in [0.05, 0.1) is 33.0 Å². The van der Waals surface area contributed by atoms with Crippen molar-refractivity contribution >= 4 is 12.1 Å². The lowest BCUT2D eigenvalue weighted by molar-refractivity contribution is -0.452. The Morgan fingerprint density at radius 1 is 0.909 bits per heavy atom. The molecule has 0 fully saturated rings. The molecule has 0 aliphatic carbocycles. The van der Waals surface area contributed by atoms with Crippen molar-refractivity contribution in [1.29, 1.82) is 0 Å². The van der Waals surface area contributed by atoms with E-state index in [2.05, 4.69) is 19.6 Å². The highest BCUT2D eigenvalue weighted by Gasteiger charge is 2.20. The van der Waals surface area contributed by atoms with Crippen LogP contribution in [-0.2, 0) is 19.6 Å². The summed E-state index contributed by atoms with van der Waals surface area (Å²) >= 11 is 0. The van der Waals surface area contributed by atoms with Gasteiger partial charge in [0.15, 0.2) is 11.5 Å². The van der Waals surface area contributed by atoms with E-state index in [1.807, 2.05) is 0 Å². The SMILES string of the molecule is CCOC(=O)OOOC(=O)c1cc(OC)c(OC)cc1OC. The Kier molecular flexibility index (Phi) is 6.77. The summed E-state index contributed by atoms with van der Waals surface area (Å²) in [5.74, 6) is -0.175. The van der Waals surface area contributed by atoms with Crippen LogP contribution in [0.15, 0.2) is 12.1 Å².